The second-order valence-electron chi connectivity index (χ2n) is 8.95. The number of nitrogens with zero attached hydrogens (tertiary/aromatic N) is 2. The van der Waals surface area contributed by atoms with Crippen molar-refractivity contribution in [3.8, 4) is 11.5 Å². The number of ether oxygens (including phenoxy) is 1. The summed E-state index contributed by atoms with van der Waals surface area (Å²) in [5.74, 6) is 0.509. The Balaban J connectivity index is 1.59. The molecule has 0 saturated carbocycles. The van der Waals surface area contributed by atoms with E-state index in [4.69, 9.17) is 21.3 Å². The maximum atomic E-state index is 13.9. The molecule has 0 saturated heterocycles. The molecule has 1 unspecified atom stereocenters. The minimum absolute atomic E-state index is 0.0878. The number of phenolic OH excluding ortho intramolecular Hbond substituents is 1. The van der Waals surface area contributed by atoms with E-state index in [1.54, 1.807) is 6.07 Å². The van der Waals surface area contributed by atoms with E-state index < -0.39 is 0 Å². The second kappa shape index (κ2) is 9.78. The number of halogens is 2. The Morgan fingerprint density at radius 2 is 1.97 bits per heavy atom. The number of benzene rings is 3. The molecule has 1 N–H and O–H groups in total. The highest BCUT2D eigenvalue weighted by atomic mass is 127. The molecule has 2 heterocycles. The molecule has 5 nitrogen and oxygen atoms in total. The molecule has 0 fully saturated rings. The van der Waals surface area contributed by atoms with E-state index in [1.807, 2.05) is 54.0 Å². The number of hydrogen-bond acceptors (Lipinski definition) is 5. The van der Waals surface area contributed by atoms with Gasteiger partial charge in [-0.2, -0.15) is 0 Å². The fourth-order valence-electron chi connectivity index (χ4n) is 5.06. The van der Waals surface area contributed by atoms with Gasteiger partial charge >= 0.3 is 0 Å². The predicted octanol–water partition coefficient (Wildman–Crippen LogP) is 5.68. The lowest BCUT2D eigenvalue weighted by atomic mass is 9.83. The van der Waals surface area contributed by atoms with Crippen LogP contribution in [0, 0.1) is 3.57 Å². The molecule has 1 aliphatic heterocycles. The van der Waals surface area contributed by atoms with Gasteiger partial charge in [-0.15, -0.1) is 0 Å². The van der Waals surface area contributed by atoms with Gasteiger partial charge in [0.1, 0.15) is 0 Å². The fourth-order valence-corrected chi connectivity index (χ4v) is 6.81. The molecule has 8 heteroatoms. The largest absolute Gasteiger partial charge is 0.504 e. The SMILES string of the molecule is CCOc1cc(C=c2sc3n(c2=O)C(c2ccc(Cl)cc2)C2=C(N=3)c3ccccc3CC2)cc(I)c1O. The molecule has 0 spiro atoms. The lowest BCUT2D eigenvalue weighted by molar-refractivity contribution is 0.317. The molecule has 0 radical (unpaired) electrons. The smallest absolute Gasteiger partial charge is 0.271 e. The summed E-state index contributed by atoms with van der Waals surface area (Å²) in [6.45, 7) is 2.30. The van der Waals surface area contributed by atoms with Crippen molar-refractivity contribution in [2.75, 3.05) is 6.61 Å². The van der Waals surface area contributed by atoms with E-state index in [9.17, 15) is 9.90 Å². The number of thiazole rings is 1. The third-order valence-electron chi connectivity index (χ3n) is 6.71. The van der Waals surface area contributed by atoms with E-state index in [0.29, 0.717) is 30.3 Å². The first-order valence-electron chi connectivity index (χ1n) is 12.0. The summed E-state index contributed by atoms with van der Waals surface area (Å²) in [5, 5.41) is 11.0. The number of allylic oxidation sites excluding steroid dienone is 1. The summed E-state index contributed by atoms with van der Waals surface area (Å²) < 4.78 is 8.66. The number of fused-ring (bicyclic) bond motifs is 3. The van der Waals surface area contributed by atoms with Gasteiger partial charge in [-0.05, 0) is 95.0 Å². The highest BCUT2D eigenvalue weighted by Crippen LogP contribution is 2.41. The first-order valence-corrected chi connectivity index (χ1v) is 14.3. The second-order valence-corrected chi connectivity index (χ2v) is 11.6. The zero-order valence-corrected chi connectivity index (χ0v) is 23.6. The maximum Gasteiger partial charge on any atom is 0.271 e. The summed E-state index contributed by atoms with van der Waals surface area (Å²) in [4.78, 5) is 19.6. The van der Waals surface area contributed by atoms with Crippen molar-refractivity contribution >= 4 is 57.3 Å². The van der Waals surface area contributed by atoms with Gasteiger partial charge in [-0.3, -0.25) is 9.36 Å². The minimum atomic E-state index is -0.252. The normalized spacial score (nSPS) is 16.6. The molecular weight excluding hydrogens is 619 g/mol. The van der Waals surface area contributed by atoms with Crippen LogP contribution in [0.1, 0.15) is 41.6 Å². The molecule has 2 aliphatic rings. The molecule has 4 aromatic rings. The van der Waals surface area contributed by atoms with Gasteiger partial charge in [0.25, 0.3) is 5.56 Å². The molecule has 6 rings (SSSR count). The Kier molecular flexibility index (Phi) is 6.46. The molecule has 1 atom stereocenters. The van der Waals surface area contributed by atoms with Crippen LogP contribution in [0.3, 0.4) is 0 Å². The molecule has 3 aromatic carbocycles. The zero-order valence-electron chi connectivity index (χ0n) is 19.9. The van der Waals surface area contributed by atoms with Gasteiger partial charge in [0, 0.05) is 10.6 Å². The molecule has 1 aromatic heterocycles. The number of rotatable bonds is 4. The first-order chi connectivity index (χ1) is 17.9. The van der Waals surface area contributed by atoms with Crippen molar-refractivity contribution in [2.24, 2.45) is 4.99 Å². The van der Waals surface area contributed by atoms with E-state index in [-0.39, 0.29) is 17.4 Å². The number of aromatic nitrogens is 1. The van der Waals surface area contributed by atoms with Crippen molar-refractivity contribution in [1.82, 2.24) is 4.57 Å². The Bertz CT molecular complexity index is 1760. The molecule has 0 bridgehead atoms. The lowest BCUT2D eigenvalue weighted by Crippen LogP contribution is -2.38. The Morgan fingerprint density at radius 3 is 2.76 bits per heavy atom. The molecule has 1 aliphatic carbocycles. The standard InChI is InChI=1S/C29H22ClIN2O3S/c1-2-36-23-14-16(13-22(31)27(23)34)15-24-28(35)33-26(18-7-10-19(30)11-8-18)21-12-9-17-5-3-4-6-20(17)25(21)32-29(33)37-24/h3-8,10-11,13-15,26,34H,2,9,12H2,1H3. The van der Waals surface area contributed by atoms with Crippen LogP contribution >= 0.6 is 45.5 Å². The maximum absolute atomic E-state index is 13.9. The van der Waals surface area contributed by atoms with Gasteiger partial charge in [-0.25, -0.2) is 4.99 Å². The molecule has 0 amide bonds. The number of aryl methyl sites for hydroxylation is 1. The first kappa shape index (κ1) is 24.5. The number of aromatic hydroxyl groups is 1. The van der Waals surface area contributed by atoms with Crippen molar-refractivity contribution in [3.63, 3.8) is 0 Å². The van der Waals surface area contributed by atoms with E-state index in [1.165, 1.54) is 16.9 Å². The van der Waals surface area contributed by atoms with Crippen LogP contribution < -0.4 is 19.6 Å². The van der Waals surface area contributed by atoms with Crippen molar-refractivity contribution in [1.29, 1.82) is 0 Å². The van der Waals surface area contributed by atoms with Gasteiger partial charge in [0.05, 0.1) is 26.4 Å². The average Bonchev–Trinajstić information content (AvgIpc) is 3.20. The van der Waals surface area contributed by atoms with Crippen molar-refractivity contribution in [2.45, 2.75) is 25.8 Å². The predicted molar refractivity (Wildman–Crippen MR) is 156 cm³/mol. The van der Waals surface area contributed by atoms with Crippen LogP contribution in [-0.2, 0) is 6.42 Å². The van der Waals surface area contributed by atoms with Crippen LogP contribution in [0.15, 0.2) is 76.0 Å². The minimum Gasteiger partial charge on any atom is -0.504 e. The van der Waals surface area contributed by atoms with Crippen LogP contribution in [0.4, 0.5) is 0 Å². The zero-order chi connectivity index (χ0) is 25.7. The summed E-state index contributed by atoms with van der Waals surface area (Å²) in [6.07, 6.45) is 3.59. The van der Waals surface area contributed by atoms with Crippen LogP contribution in [-0.4, -0.2) is 16.3 Å². The highest BCUT2D eigenvalue weighted by molar-refractivity contribution is 14.1. The van der Waals surface area contributed by atoms with Crippen LogP contribution in [0.25, 0.3) is 11.8 Å². The molecule has 186 valence electrons. The summed E-state index contributed by atoms with van der Waals surface area (Å²) >= 11 is 9.66. The third-order valence-corrected chi connectivity index (χ3v) is 8.76. The molecular formula is C29H22ClIN2O3S. The third kappa shape index (κ3) is 4.32. The van der Waals surface area contributed by atoms with Crippen LogP contribution in [0.5, 0.6) is 11.5 Å². The van der Waals surface area contributed by atoms with Crippen LogP contribution in [0.2, 0.25) is 5.02 Å². The quantitative estimate of drug-likeness (QED) is 0.292. The van der Waals surface area contributed by atoms with Crippen molar-refractivity contribution in [3.05, 3.63) is 117 Å². The average molecular weight is 641 g/mol. The van der Waals surface area contributed by atoms with Gasteiger partial charge in [0.2, 0.25) is 0 Å². The Labute approximate surface area is 236 Å². The Morgan fingerprint density at radius 1 is 1.19 bits per heavy atom. The summed E-state index contributed by atoms with van der Waals surface area (Å²) in [6, 6.07) is 19.5. The number of hydrogen-bond donors (Lipinski definition) is 1. The summed E-state index contributed by atoms with van der Waals surface area (Å²) in [5.41, 5.74) is 6.24. The van der Waals surface area contributed by atoms with E-state index in [0.717, 1.165) is 40.8 Å². The lowest BCUT2D eigenvalue weighted by Gasteiger charge is -2.30. The Hall–Kier alpha value is -2.88. The number of phenols is 1. The van der Waals surface area contributed by atoms with Gasteiger partial charge in [-0.1, -0.05) is 59.3 Å². The molecule has 37 heavy (non-hydrogen) atoms. The summed E-state index contributed by atoms with van der Waals surface area (Å²) in [7, 11) is 0. The van der Waals surface area contributed by atoms with Crippen molar-refractivity contribution < 1.29 is 9.84 Å². The highest BCUT2D eigenvalue weighted by Gasteiger charge is 2.32. The van der Waals surface area contributed by atoms with Gasteiger partial charge in [0.15, 0.2) is 16.3 Å². The van der Waals surface area contributed by atoms with Gasteiger partial charge < -0.3 is 9.84 Å². The topological polar surface area (TPSA) is 63.8 Å². The monoisotopic (exact) mass is 640 g/mol. The van der Waals surface area contributed by atoms with E-state index >= 15 is 0 Å². The fraction of sp³-hybridized carbons (Fsp3) is 0.172. The van der Waals surface area contributed by atoms with E-state index in [2.05, 4.69) is 40.8 Å².